The number of hydrogen-bond acceptors (Lipinski definition) is 5. The van der Waals surface area contributed by atoms with Crippen LogP contribution >= 0.6 is 0 Å². The fraction of sp³-hybridized carbons (Fsp3) is 0.583. The highest BCUT2D eigenvalue weighted by Gasteiger charge is 2.37. The molecular formula is C12H19N3O2S. The third-order valence-corrected chi connectivity index (χ3v) is 5.19. The Hall–Kier alpha value is -1.14. The van der Waals surface area contributed by atoms with Crippen molar-refractivity contribution in [1.82, 2.24) is 10.3 Å². The molecule has 0 amide bonds. The van der Waals surface area contributed by atoms with Crippen LogP contribution in [-0.2, 0) is 16.3 Å². The van der Waals surface area contributed by atoms with Crippen LogP contribution in [0.1, 0.15) is 19.0 Å². The van der Waals surface area contributed by atoms with Crippen LogP contribution in [0.25, 0.3) is 0 Å². The molecule has 6 heteroatoms. The van der Waals surface area contributed by atoms with Crippen LogP contribution in [0.3, 0.4) is 0 Å². The number of anilines is 1. The second-order valence-electron chi connectivity index (χ2n) is 5.16. The Morgan fingerprint density at radius 1 is 1.50 bits per heavy atom. The Morgan fingerprint density at radius 3 is 2.83 bits per heavy atom. The number of rotatable bonds is 4. The monoisotopic (exact) mass is 269 g/mol. The summed E-state index contributed by atoms with van der Waals surface area (Å²) in [5.41, 5.74) is 6.89. The molecule has 1 aromatic heterocycles. The molecule has 2 heterocycles. The maximum absolute atomic E-state index is 11.5. The third-order valence-electron chi connectivity index (χ3n) is 3.28. The summed E-state index contributed by atoms with van der Waals surface area (Å²) in [6.07, 6.45) is 3.09. The quantitative estimate of drug-likeness (QED) is 0.825. The summed E-state index contributed by atoms with van der Waals surface area (Å²) < 4.78 is 22.9. The maximum atomic E-state index is 11.5. The lowest BCUT2D eigenvalue weighted by molar-refractivity contribution is 0.400. The first-order chi connectivity index (χ1) is 8.39. The number of nitrogens with one attached hydrogen (secondary N) is 1. The van der Waals surface area contributed by atoms with Gasteiger partial charge in [-0.2, -0.15) is 0 Å². The van der Waals surface area contributed by atoms with Gasteiger partial charge in [-0.05, 0) is 25.5 Å². The molecule has 0 spiro atoms. The van der Waals surface area contributed by atoms with Crippen LogP contribution in [0.15, 0.2) is 18.3 Å². The van der Waals surface area contributed by atoms with Gasteiger partial charge in [-0.25, -0.2) is 8.42 Å². The largest absolute Gasteiger partial charge is 0.397 e. The van der Waals surface area contributed by atoms with E-state index in [1.54, 1.807) is 6.20 Å². The standard InChI is InChI=1S/C12H19N3O2S/c1-12(5-7-18(16,17)9-12)15-6-4-11-3-2-10(13)8-14-11/h2-3,8,15H,4-7,9,13H2,1H3. The molecule has 0 aliphatic carbocycles. The Kier molecular flexibility index (Phi) is 3.59. The summed E-state index contributed by atoms with van der Waals surface area (Å²) in [4.78, 5) is 4.21. The number of aromatic nitrogens is 1. The van der Waals surface area contributed by atoms with E-state index in [1.807, 2.05) is 19.1 Å². The van der Waals surface area contributed by atoms with Crippen LogP contribution in [0, 0.1) is 0 Å². The lowest BCUT2D eigenvalue weighted by Gasteiger charge is -2.23. The summed E-state index contributed by atoms with van der Waals surface area (Å²) >= 11 is 0. The first-order valence-corrected chi connectivity index (χ1v) is 7.87. The van der Waals surface area contributed by atoms with E-state index >= 15 is 0 Å². The third kappa shape index (κ3) is 3.43. The zero-order valence-electron chi connectivity index (χ0n) is 10.5. The van der Waals surface area contributed by atoms with Crippen LogP contribution in [0.5, 0.6) is 0 Å². The average molecular weight is 269 g/mol. The predicted octanol–water partition coefficient (Wildman–Crippen LogP) is 0.373. The van der Waals surface area contributed by atoms with Gasteiger partial charge < -0.3 is 11.1 Å². The van der Waals surface area contributed by atoms with Gasteiger partial charge in [0.1, 0.15) is 0 Å². The molecule has 1 aliphatic rings. The van der Waals surface area contributed by atoms with Crippen molar-refractivity contribution in [3.05, 3.63) is 24.0 Å². The van der Waals surface area contributed by atoms with Crippen molar-refractivity contribution < 1.29 is 8.42 Å². The molecule has 1 atom stereocenters. The fourth-order valence-corrected chi connectivity index (χ4v) is 4.35. The molecule has 3 N–H and O–H groups in total. The lowest BCUT2D eigenvalue weighted by atomic mass is 10.0. The Labute approximate surface area is 108 Å². The average Bonchev–Trinajstić information content (AvgIpc) is 2.56. The van der Waals surface area contributed by atoms with E-state index in [0.29, 0.717) is 12.1 Å². The van der Waals surface area contributed by atoms with Crippen molar-refractivity contribution in [2.45, 2.75) is 25.3 Å². The van der Waals surface area contributed by atoms with Gasteiger partial charge in [-0.1, -0.05) is 0 Å². The number of nitrogens with two attached hydrogens (primary N) is 1. The first-order valence-electron chi connectivity index (χ1n) is 6.04. The number of pyridine rings is 1. The summed E-state index contributed by atoms with van der Waals surface area (Å²) in [5.74, 6) is 0.520. The molecule has 5 nitrogen and oxygen atoms in total. The normalized spacial score (nSPS) is 26.3. The van der Waals surface area contributed by atoms with E-state index in [-0.39, 0.29) is 17.0 Å². The molecule has 1 aromatic rings. The van der Waals surface area contributed by atoms with Gasteiger partial charge in [-0.15, -0.1) is 0 Å². The molecular weight excluding hydrogens is 250 g/mol. The van der Waals surface area contributed by atoms with Gasteiger partial charge in [0, 0.05) is 24.2 Å². The molecule has 18 heavy (non-hydrogen) atoms. The second-order valence-corrected chi connectivity index (χ2v) is 7.35. The van der Waals surface area contributed by atoms with Crippen molar-refractivity contribution in [3.63, 3.8) is 0 Å². The van der Waals surface area contributed by atoms with Crippen LogP contribution < -0.4 is 11.1 Å². The predicted molar refractivity (Wildman–Crippen MR) is 72.0 cm³/mol. The summed E-state index contributed by atoms with van der Waals surface area (Å²) in [6.45, 7) is 2.69. The maximum Gasteiger partial charge on any atom is 0.152 e. The van der Waals surface area contributed by atoms with E-state index in [9.17, 15) is 8.42 Å². The van der Waals surface area contributed by atoms with E-state index in [4.69, 9.17) is 5.73 Å². The van der Waals surface area contributed by atoms with Crippen molar-refractivity contribution in [2.24, 2.45) is 0 Å². The minimum absolute atomic E-state index is 0.231. The molecule has 2 rings (SSSR count). The molecule has 0 radical (unpaired) electrons. The molecule has 1 fully saturated rings. The van der Waals surface area contributed by atoms with Crippen molar-refractivity contribution >= 4 is 15.5 Å². The van der Waals surface area contributed by atoms with E-state index in [0.717, 1.165) is 18.7 Å². The number of nitrogens with zero attached hydrogens (tertiary/aromatic N) is 1. The van der Waals surface area contributed by atoms with Gasteiger partial charge in [0.05, 0.1) is 23.4 Å². The highest BCUT2D eigenvalue weighted by Crippen LogP contribution is 2.22. The van der Waals surface area contributed by atoms with E-state index in [1.165, 1.54) is 0 Å². The summed E-state index contributed by atoms with van der Waals surface area (Å²) in [7, 11) is -2.85. The van der Waals surface area contributed by atoms with Crippen molar-refractivity contribution in [2.75, 3.05) is 23.8 Å². The zero-order valence-corrected chi connectivity index (χ0v) is 11.3. The van der Waals surface area contributed by atoms with Crippen molar-refractivity contribution in [1.29, 1.82) is 0 Å². The number of hydrogen-bond donors (Lipinski definition) is 2. The van der Waals surface area contributed by atoms with Gasteiger partial charge in [0.25, 0.3) is 0 Å². The molecule has 100 valence electrons. The van der Waals surface area contributed by atoms with Crippen LogP contribution in [0.2, 0.25) is 0 Å². The molecule has 0 bridgehead atoms. The fourth-order valence-electron chi connectivity index (χ4n) is 2.23. The summed E-state index contributed by atoms with van der Waals surface area (Å²) in [6, 6.07) is 3.72. The smallest absolute Gasteiger partial charge is 0.152 e. The molecule has 0 saturated carbocycles. The van der Waals surface area contributed by atoms with Gasteiger partial charge in [0.15, 0.2) is 9.84 Å². The highest BCUT2D eigenvalue weighted by molar-refractivity contribution is 7.91. The molecule has 1 saturated heterocycles. The minimum atomic E-state index is -2.85. The van der Waals surface area contributed by atoms with Gasteiger partial charge in [-0.3, -0.25) is 4.98 Å². The minimum Gasteiger partial charge on any atom is -0.397 e. The van der Waals surface area contributed by atoms with Crippen LogP contribution in [0.4, 0.5) is 5.69 Å². The van der Waals surface area contributed by atoms with Gasteiger partial charge in [0.2, 0.25) is 0 Å². The molecule has 1 aliphatic heterocycles. The Bertz CT molecular complexity index is 513. The van der Waals surface area contributed by atoms with E-state index in [2.05, 4.69) is 10.3 Å². The second kappa shape index (κ2) is 4.85. The van der Waals surface area contributed by atoms with Crippen LogP contribution in [-0.4, -0.2) is 37.0 Å². The zero-order chi connectivity index (χ0) is 13.2. The molecule has 1 unspecified atom stereocenters. The first kappa shape index (κ1) is 13.3. The number of sulfone groups is 1. The van der Waals surface area contributed by atoms with E-state index < -0.39 is 9.84 Å². The van der Waals surface area contributed by atoms with Gasteiger partial charge >= 0.3 is 0 Å². The lowest BCUT2D eigenvalue weighted by Crippen LogP contribution is -2.44. The number of nitrogen functional groups attached to an aromatic ring is 1. The van der Waals surface area contributed by atoms with Crippen molar-refractivity contribution in [3.8, 4) is 0 Å². The SMILES string of the molecule is CC1(NCCc2ccc(N)cn2)CCS(=O)(=O)C1. The topological polar surface area (TPSA) is 85.1 Å². The Balaban J connectivity index is 1.84. The Morgan fingerprint density at radius 2 is 2.28 bits per heavy atom. The summed E-state index contributed by atoms with van der Waals surface area (Å²) in [5, 5.41) is 3.33. The highest BCUT2D eigenvalue weighted by atomic mass is 32.2. The molecule has 0 aromatic carbocycles.